The zero-order valence-corrected chi connectivity index (χ0v) is 14.7. The van der Waals surface area contributed by atoms with E-state index in [-0.39, 0.29) is 6.04 Å². The van der Waals surface area contributed by atoms with Crippen LogP contribution in [0.5, 0.6) is 0 Å². The molecule has 0 saturated heterocycles. The van der Waals surface area contributed by atoms with Crippen molar-refractivity contribution in [2.24, 2.45) is 0 Å². The van der Waals surface area contributed by atoms with Crippen molar-refractivity contribution >= 4 is 17.5 Å². The second-order valence-electron chi connectivity index (χ2n) is 6.21. The molecular weight excluding hydrogens is 300 g/mol. The molecule has 0 aromatic heterocycles. The van der Waals surface area contributed by atoms with Gasteiger partial charge in [0.2, 0.25) is 0 Å². The first-order valence-electron chi connectivity index (χ1n) is 8.12. The van der Waals surface area contributed by atoms with Crippen LogP contribution in [0.25, 0.3) is 0 Å². The van der Waals surface area contributed by atoms with E-state index in [1.54, 1.807) is 4.90 Å². The lowest BCUT2D eigenvalue weighted by Gasteiger charge is -2.26. The Morgan fingerprint density at radius 3 is 2.29 bits per heavy atom. The molecule has 0 heterocycles. The maximum Gasteiger partial charge on any atom is 0.313 e. The van der Waals surface area contributed by atoms with E-state index in [9.17, 15) is 9.59 Å². The van der Waals surface area contributed by atoms with Crippen molar-refractivity contribution in [2.75, 3.05) is 5.32 Å². The number of hydrogen-bond acceptors (Lipinski definition) is 2. The zero-order chi connectivity index (χ0) is 17.7. The van der Waals surface area contributed by atoms with Crippen LogP contribution in [0.1, 0.15) is 30.5 Å². The van der Waals surface area contributed by atoms with Crippen molar-refractivity contribution in [1.82, 2.24) is 4.90 Å². The summed E-state index contributed by atoms with van der Waals surface area (Å²) in [5.41, 5.74) is 3.72. The summed E-state index contributed by atoms with van der Waals surface area (Å²) in [6, 6.07) is 15.3. The van der Waals surface area contributed by atoms with Gasteiger partial charge in [0.1, 0.15) is 0 Å². The fraction of sp³-hybridized carbons (Fsp3) is 0.300. The second kappa shape index (κ2) is 7.77. The van der Waals surface area contributed by atoms with Gasteiger partial charge in [-0.1, -0.05) is 42.5 Å². The molecule has 2 aromatic carbocycles. The summed E-state index contributed by atoms with van der Waals surface area (Å²) in [5.74, 6) is -1.12. The number of rotatable bonds is 4. The summed E-state index contributed by atoms with van der Waals surface area (Å²) < 4.78 is 0. The molecule has 0 radical (unpaired) electrons. The molecule has 2 aromatic rings. The molecule has 1 N–H and O–H groups in total. The molecule has 0 aliphatic heterocycles. The van der Waals surface area contributed by atoms with Gasteiger partial charge in [0.15, 0.2) is 0 Å². The Bertz CT molecular complexity index is 724. The average molecular weight is 324 g/mol. The summed E-state index contributed by atoms with van der Waals surface area (Å²) >= 11 is 0. The van der Waals surface area contributed by atoms with E-state index in [2.05, 4.69) is 5.32 Å². The van der Waals surface area contributed by atoms with E-state index in [1.165, 1.54) is 0 Å². The average Bonchev–Trinajstić information content (AvgIpc) is 2.57. The lowest BCUT2D eigenvalue weighted by atomic mass is 10.1. The highest BCUT2D eigenvalue weighted by Gasteiger charge is 2.24. The van der Waals surface area contributed by atoms with Gasteiger partial charge in [-0.05, 0) is 50.5 Å². The lowest BCUT2D eigenvalue weighted by Crippen LogP contribution is -2.43. The standard InChI is InChI=1S/C20H24N2O2/c1-14(2)22(13-17-10-6-5-7-11-17)20(24)19(23)21-18-12-8-9-15(3)16(18)4/h5-12,14H,13H2,1-4H3,(H,21,23). The molecule has 4 nitrogen and oxygen atoms in total. The first kappa shape index (κ1) is 17.7. The van der Waals surface area contributed by atoms with Gasteiger partial charge in [-0.15, -0.1) is 0 Å². The fourth-order valence-electron chi connectivity index (χ4n) is 2.46. The first-order chi connectivity index (χ1) is 11.4. The minimum absolute atomic E-state index is 0.0675. The molecule has 2 amide bonds. The quantitative estimate of drug-likeness (QED) is 0.872. The third-order valence-corrected chi connectivity index (χ3v) is 4.13. The molecule has 0 atom stereocenters. The van der Waals surface area contributed by atoms with Crippen LogP contribution < -0.4 is 5.32 Å². The van der Waals surface area contributed by atoms with Crippen LogP contribution in [0.15, 0.2) is 48.5 Å². The highest BCUT2D eigenvalue weighted by molar-refractivity contribution is 6.39. The van der Waals surface area contributed by atoms with Gasteiger partial charge in [0.25, 0.3) is 0 Å². The minimum atomic E-state index is -0.603. The van der Waals surface area contributed by atoms with Gasteiger partial charge < -0.3 is 10.2 Å². The predicted molar refractivity (Wildman–Crippen MR) is 96.7 cm³/mol. The normalized spacial score (nSPS) is 10.5. The van der Waals surface area contributed by atoms with E-state index in [0.29, 0.717) is 12.2 Å². The summed E-state index contributed by atoms with van der Waals surface area (Å²) in [4.78, 5) is 26.6. The number of carbonyl (C=O) groups excluding carboxylic acids is 2. The highest BCUT2D eigenvalue weighted by Crippen LogP contribution is 2.18. The molecule has 0 fully saturated rings. The molecule has 0 aliphatic carbocycles. The smallest absolute Gasteiger partial charge is 0.313 e. The number of carbonyl (C=O) groups is 2. The van der Waals surface area contributed by atoms with Crippen molar-refractivity contribution in [3.05, 3.63) is 65.2 Å². The predicted octanol–water partition coefficient (Wildman–Crippen LogP) is 3.68. The van der Waals surface area contributed by atoms with Crippen LogP contribution in [0.4, 0.5) is 5.69 Å². The van der Waals surface area contributed by atoms with Gasteiger partial charge in [-0.2, -0.15) is 0 Å². The Morgan fingerprint density at radius 2 is 1.67 bits per heavy atom. The summed E-state index contributed by atoms with van der Waals surface area (Å²) in [6.45, 7) is 8.14. The van der Waals surface area contributed by atoms with Crippen LogP contribution in [0.3, 0.4) is 0 Å². The fourth-order valence-corrected chi connectivity index (χ4v) is 2.46. The number of anilines is 1. The number of nitrogens with one attached hydrogen (secondary N) is 1. The van der Waals surface area contributed by atoms with E-state index < -0.39 is 11.8 Å². The molecule has 24 heavy (non-hydrogen) atoms. The molecule has 0 spiro atoms. The Morgan fingerprint density at radius 1 is 1.00 bits per heavy atom. The second-order valence-corrected chi connectivity index (χ2v) is 6.21. The lowest BCUT2D eigenvalue weighted by molar-refractivity contribution is -0.144. The molecular formula is C20H24N2O2. The topological polar surface area (TPSA) is 49.4 Å². The zero-order valence-electron chi connectivity index (χ0n) is 14.7. The van der Waals surface area contributed by atoms with E-state index in [1.807, 2.05) is 76.2 Å². The van der Waals surface area contributed by atoms with Gasteiger partial charge in [0.05, 0.1) is 0 Å². The van der Waals surface area contributed by atoms with Crippen molar-refractivity contribution in [3.63, 3.8) is 0 Å². The van der Waals surface area contributed by atoms with Gasteiger partial charge in [-0.3, -0.25) is 9.59 Å². The highest BCUT2D eigenvalue weighted by atomic mass is 16.2. The van der Waals surface area contributed by atoms with E-state index >= 15 is 0 Å². The summed E-state index contributed by atoms with van der Waals surface area (Å²) in [7, 11) is 0. The number of nitrogens with zero attached hydrogens (tertiary/aromatic N) is 1. The SMILES string of the molecule is Cc1cccc(NC(=O)C(=O)N(Cc2ccccc2)C(C)C)c1C. The number of aryl methyl sites for hydroxylation is 1. The largest absolute Gasteiger partial charge is 0.328 e. The molecule has 0 unspecified atom stereocenters. The van der Waals surface area contributed by atoms with Crippen molar-refractivity contribution in [1.29, 1.82) is 0 Å². The van der Waals surface area contributed by atoms with Crippen LogP contribution >= 0.6 is 0 Å². The van der Waals surface area contributed by atoms with Crippen molar-refractivity contribution in [2.45, 2.75) is 40.3 Å². The maximum atomic E-state index is 12.6. The van der Waals surface area contributed by atoms with E-state index in [0.717, 1.165) is 16.7 Å². The minimum Gasteiger partial charge on any atom is -0.328 e. The van der Waals surface area contributed by atoms with Crippen molar-refractivity contribution in [3.8, 4) is 0 Å². The van der Waals surface area contributed by atoms with Crippen molar-refractivity contribution < 1.29 is 9.59 Å². The number of benzene rings is 2. The summed E-state index contributed by atoms with van der Waals surface area (Å²) in [6.07, 6.45) is 0. The number of hydrogen-bond donors (Lipinski definition) is 1. The Hall–Kier alpha value is -2.62. The third-order valence-electron chi connectivity index (χ3n) is 4.13. The molecule has 2 rings (SSSR count). The van der Waals surface area contributed by atoms with Crippen LogP contribution in [0, 0.1) is 13.8 Å². The van der Waals surface area contributed by atoms with Gasteiger partial charge in [-0.25, -0.2) is 0 Å². The maximum absolute atomic E-state index is 12.6. The van der Waals surface area contributed by atoms with Gasteiger partial charge in [0, 0.05) is 18.3 Å². The van der Waals surface area contributed by atoms with Gasteiger partial charge >= 0.3 is 11.8 Å². The third kappa shape index (κ3) is 4.22. The first-order valence-corrected chi connectivity index (χ1v) is 8.12. The van der Waals surface area contributed by atoms with E-state index in [4.69, 9.17) is 0 Å². The monoisotopic (exact) mass is 324 g/mol. The van der Waals surface area contributed by atoms with Crippen LogP contribution in [-0.4, -0.2) is 22.8 Å². The molecule has 0 saturated carbocycles. The molecule has 0 bridgehead atoms. The van der Waals surface area contributed by atoms with Crippen LogP contribution in [0.2, 0.25) is 0 Å². The Labute approximate surface area is 143 Å². The van der Waals surface area contributed by atoms with Crippen LogP contribution in [-0.2, 0) is 16.1 Å². The number of amides is 2. The summed E-state index contributed by atoms with van der Waals surface area (Å²) in [5, 5.41) is 2.74. The Balaban J connectivity index is 2.14. The molecule has 4 heteroatoms. The Kier molecular flexibility index (Phi) is 5.74. The molecule has 0 aliphatic rings. The molecule has 126 valence electrons.